The van der Waals surface area contributed by atoms with Crippen molar-refractivity contribution in [3.8, 4) is 5.75 Å². The van der Waals surface area contributed by atoms with Crippen LogP contribution in [0.3, 0.4) is 0 Å². The minimum atomic E-state index is -0.0218. The second-order valence-corrected chi connectivity index (χ2v) is 6.61. The van der Waals surface area contributed by atoms with Gasteiger partial charge in [-0.25, -0.2) is 0 Å². The number of halogens is 2. The number of ether oxygens (including phenoxy) is 1. The molecule has 0 fully saturated rings. The third kappa shape index (κ3) is 3.84. The topological polar surface area (TPSA) is 35.2 Å². The normalized spacial score (nSPS) is 12.2. The Morgan fingerprint density at radius 1 is 1.15 bits per heavy atom. The lowest BCUT2D eigenvalue weighted by Gasteiger charge is -2.14. The monoisotopic (exact) mass is 397 g/mol. The highest BCUT2D eigenvalue weighted by Gasteiger charge is 2.10. The van der Waals surface area contributed by atoms with Crippen molar-refractivity contribution in [3.05, 3.63) is 62.0 Å². The zero-order valence-corrected chi connectivity index (χ0v) is 14.7. The molecule has 20 heavy (non-hydrogen) atoms. The van der Waals surface area contributed by atoms with Crippen molar-refractivity contribution in [3.63, 3.8) is 0 Å². The van der Waals surface area contributed by atoms with Gasteiger partial charge < -0.3 is 10.5 Å². The second kappa shape index (κ2) is 6.74. The molecule has 0 saturated heterocycles. The van der Waals surface area contributed by atoms with Gasteiger partial charge in [-0.2, -0.15) is 0 Å². The van der Waals surface area contributed by atoms with Crippen molar-refractivity contribution in [2.24, 2.45) is 5.73 Å². The highest BCUT2D eigenvalue weighted by Crippen LogP contribution is 2.28. The third-order valence-electron chi connectivity index (χ3n) is 3.16. The predicted octanol–water partition coefficient (Wildman–Crippen LogP) is 4.77. The summed E-state index contributed by atoms with van der Waals surface area (Å²) in [5.41, 5.74) is 9.85. The predicted molar refractivity (Wildman–Crippen MR) is 90.2 cm³/mol. The van der Waals surface area contributed by atoms with E-state index in [0.29, 0.717) is 0 Å². The number of hydrogen-bond donors (Lipinski definition) is 1. The molecule has 0 spiro atoms. The molecule has 0 amide bonds. The SMILES string of the molecule is COc1ccc(CC(N)c2cc(C)cc(Br)c2)cc1Br. The molecule has 2 N–H and O–H groups in total. The highest BCUT2D eigenvalue weighted by atomic mass is 79.9. The van der Waals surface area contributed by atoms with Gasteiger partial charge in [0.05, 0.1) is 11.6 Å². The van der Waals surface area contributed by atoms with Crippen LogP contribution in [0, 0.1) is 6.92 Å². The molecule has 0 heterocycles. The lowest BCUT2D eigenvalue weighted by atomic mass is 9.98. The maximum absolute atomic E-state index is 6.32. The van der Waals surface area contributed by atoms with Crippen molar-refractivity contribution in [1.82, 2.24) is 0 Å². The van der Waals surface area contributed by atoms with Crippen LogP contribution in [0.1, 0.15) is 22.7 Å². The molecule has 106 valence electrons. The molecule has 0 aliphatic carbocycles. The average Bonchev–Trinajstić information content (AvgIpc) is 2.37. The molecule has 2 rings (SSSR count). The van der Waals surface area contributed by atoms with Gasteiger partial charge in [0.25, 0.3) is 0 Å². The summed E-state index contributed by atoms with van der Waals surface area (Å²) >= 11 is 7.02. The van der Waals surface area contributed by atoms with E-state index in [2.05, 4.69) is 63.0 Å². The Bertz CT molecular complexity index is 593. The fraction of sp³-hybridized carbons (Fsp3) is 0.250. The molecule has 2 nitrogen and oxygen atoms in total. The van der Waals surface area contributed by atoms with E-state index in [0.717, 1.165) is 26.7 Å². The molecule has 1 atom stereocenters. The third-order valence-corrected chi connectivity index (χ3v) is 4.24. The fourth-order valence-electron chi connectivity index (χ4n) is 2.19. The van der Waals surface area contributed by atoms with Crippen LogP contribution in [-0.4, -0.2) is 7.11 Å². The Kier molecular flexibility index (Phi) is 5.24. The van der Waals surface area contributed by atoms with Crippen molar-refractivity contribution in [1.29, 1.82) is 0 Å². The Balaban J connectivity index is 2.18. The summed E-state index contributed by atoms with van der Waals surface area (Å²) in [6.07, 6.45) is 0.790. The van der Waals surface area contributed by atoms with Gasteiger partial charge in [-0.3, -0.25) is 0 Å². The van der Waals surface area contributed by atoms with Crippen molar-refractivity contribution in [2.75, 3.05) is 7.11 Å². The molecule has 2 aromatic rings. The molecular weight excluding hydrogens is 382 g/mol. The van der Waals surface area contributed by atoms with E-state index in [4.69, 9.17) is 10.5 Å². The Morgan fingerprint density at radius 3 is 2.50 bits per heavy atom. The Morgan fingerprint density at radius 2 is 1.90 bits per heavy atom. The molecule has 0 radical (unpaired) electrons. The van der Waals surface area contributed by atoms with Crippen LogP contribution in [0.15, 0.2) is 45.3 Å². The van der Waals surface area contributed by atoms with E-state index in [9.17, 15) is 0 Å². The van der Waals surface area contributed by atoms with Crippen LogP contribution in [0.25, 0.3) is 0 Å². The molecule has 0 aromatic heterocycles. The van der Waals surface area contributed by atoms with Crippen LogP contribution >= 0.6 is 31.9 Å². The quantitative estimate of drug-likeness (QED) is 0.804. The number of benzene rings is 2. The van der Waals surface area contributed by atoms with Crippen molar-refractivity contribution < 1.29 is 4.74 Å². The van der Waals surface area contributed by atoms with Gasteiger partial charge in [-0.15, -0.1) is 0 Å². The van der Waals surface area contributed by atoms with E-state index in [-0.39, 0.29) is 6.04 Å². The zero-order chi connectivity index (χ0) is 14.7. The summed E-state index contributed by atoms with van der Waals surface area (Å²) in [6.45, 7) is 2.07. The molecule has 0 aliphatic rings. The smallest absolute Gasteiger partial charge is 0.133 e. The summed E-state index contributed by atoms with van der Waals surface area (Å²) in [4.78, 5) is 0. The van der Waals surface area contributed by atoms with E-state index in [1.54, 1.807) is 7.11 Å². The first kappa shape index (κ1) is 15.5. The number of aryl methyl sites for hydroxylation is 1. The summed E-state index contributed by atoms with van der Waals surface area (Å²) in [5, 5.41) is 0. The number of rotatable bonds is 4. The van der Waals surface area contributed by atoms with Gasteiger partial charge in [0, 0.05) is 10.5 Å². The first-order chi connectivity index (χ1) is 9.49. The van der Waals surface area contributed by atoms with E-state index in [1.807, 2.05) is 12.1 Å². The summed E-state index contributed by atoms with van der Waals surface area (Å²) in [5.74, 6) is 0.834. The lowest BCUT2D eigenvalue weighted by Crippen LogP contribution is -2.13. The van der Waals surface area contributed by atoms with Gasteiger partial charge in [0.2, 0.25) is 0 Å². The number of nitrogens with two attached hydrogens (primary N) is 1. The minimum absolute atomic E-state index is 0.0218. The first-order valence-corrected chi connectivity index (χ1v) is 7.93. The van der Waals surface area contributed by atoms with Crippen molar-refractivity contribution >= 4 is 31.9 Å². The van der Waals surface area contributed by atoms with Gasteiger partial charge in [0.15, 0.2) is 0 Å². The van der Waals surface area contributed by atoms with Crippen LogP contribution in [0.2, 0.25) is 0 Å². The molecule has 4 heteroatoms. The number of methoxy groups -OCH3 is 1. The fourth-order valence-corrected chi connectivity index (χ4v) is 3.40. The highest BCUT2D eigenvalue weighted by molar-refractivity contribution is 9.10. The summed E-state index contributed by atoms with van der Waals surface area (Å²) in [6, 6.07) is 12.3. The Hall–Kier alpha value is -0.840. The van der Waals surface area contributed by atoms with Gasteiger partial charge in [-0.1, -0.05) is 28.1 Å². The molecule has 2 aromatic carbocycles. The van der Waals surface area contributed by atoms with Gasteiger partial charge in [-0.05, 0) is 70.2 Å². The molecular formula is C16H17Br2NO. The van der Waals surface area contributed by atoms with Crippen LogP contribution in [0.5, 0.6) is 5.75 Å². The van der Waals surface area contributed by atoms with Gasteiger partial charge in [0.1, 0.15) is 5.75 Å². The largest absolute Gasteiger partial charge is 0.496 e. The van der Waals surface area contributed by atoms with E-state index in [1.165, 1.54) is 11.1 Å². The maximum atomic E-state index is 6.32. The summed E-state index contributed by atoms with van der Waals surface area (Å²) in [7, 11) is 1.66. The van der Waals surface area contributed by atoms with Crippen molar-refractivity contribution in [2.45, 2.75) is 19.4 Å². The van der Waals surface area contributed by atoms with Crippen LogP contribution in [0.4, 0.5) is 0 Å². The van der Waals surface area contributed by atoms with Crippen LogP contribution < -0.4 is 10.5 Å². The zero-order valence-electron chi connectivity index (χ0n) is 11.5. The van der Waals surface area contributed by atoms with E-state index >= 15 is 0 Å². The standard InChI is InChI=1S/C16H17Br2NO/c1-10-5-12(9-13(17)6-10)15(19)8-11-3-4-16(20-2)14(18)7-11/h3-7,9,15H,8,19H2,1-2H3. The maximum Gasteiger partial charge on any atom is 0.133 e. The first-order valence-electron chi connectivity index (χ1n) is 6.34. The number of hydrogen-bond acceptors (Lipinski definition) is 2. The minimum Gasteiger partial charge on any atom is -0.496 e. The molecule has 0 saturated carbocycles. The second-order valence-electron chi connectivity index (χ2n) is 4.84. The molecule has 0 bridgehead atoms. The van der Waals surface area contributed by atoms with Crippen LogP contribution in [-0.2, 0) is 6.42 Å². The van der Waals surface area contributed by atoms with E-state index < -0.39 is 0 Å². The Labute approximate surface area is 136 Å². The summed E-state index contributed by atoms with van der Waals surface area (Å²) < 4.78 is 7.26. The molecule has 0 aliphatic heterocycles. The molecule has 1 unspecified atom stereocenters. The van der Waals surface area contributed by atoms with Gasteiger partial charge >= 0.3 is 0 Å². The lowest BCUT2D eigenvalue weighted by molar-refractivity contribution is 0.412. The average molecular weight is 399 g/mol.